The average molecular weight is 384 g/mol. The van der Waals surface area contributed by atoms with Gasteiger partial charge in [0.05, 0.1) is 4.90 Å². The molecule has 0 atom stereocenters. The normalized spacial score (nSPS) is 11.4. The molecular formula is C16H18BrNO3S. The molecule has 0 radical (unpaired) electrons. The molecule has 0 unspecified atom stereocenters. The van der Waals surface area contributed by atoms with Crippen LogP contribution in [-0.2, 0) is 10.0 Å². The number of benzene rings is 2. The molecular weight excluding hydrogens is 366 g/mol. The van der Waals surface area contributed by atoms with Crippen molar-refractivity contribution < 1.29 is 13.2 Å². The summed E-state index contributed by atoms with van der Waals surface area (Å²) in [4.78, 5) is 0.315. The van der Waals surface area contributed by atoms with Gasteiger partial charge in [-0.2, -0.15) is 0 Å². The highest BCUT2D eigenvalue weighted by molar-refractivity contribution is 9.10. The molecule has 0 aliphatic rings. The Kier molecular flexibility index (Phi) is 5.61. The van der Waals surface area contributed by atoms with Crippen LogP contribution in [0.5, 0.6) is 5.75 Å². The van der Waals surface area contributed by atoms with Crippen LogP contribution in [0.25, 0.3) is 0 Å². The molecule has 1 N–H and O–H groups in total. The standard InChI is InChI=1S/C16H18BrNO3S/c1-12-6-7-13(2)16(10-12)22(19,20)18-8-9-21-15-5-3-4-14(17)11-15/h3-7,10-11,18H,8-9H2,1-2H3. The Hall–Kier alpha value is -1.37. The Morgan fingerprint density at radius 3 is 2.64 bits per heavy atom. The third kappa shape index (κ3) is 4.56. The van der Waals surface area contributed by atoms with Crippen molar-refractivity contribution in [3.05, 3.63) is 58.1 Å². The first kappa shape index (κ1) is 17.0. The Balaban J connectivity index is 1.94. The van der Waals surface area contributed by atoms with Gasteiger partial charge < -0.3 is 4.74 Å². The van der Waals surface area contributed by atoms with E-state index < -0.39 is 10.0 Å². The van der Waals surface area contributed by atoms with Crippen LogP contribution in [0.4, 0.5) is 0 Å². The molecule has 2 rings (SSSR count). The largest absolute Gasteiger partial charge is 0.492 e. The highest BCUT2D eigenvalue weighted by Gasteiger charge is 2.16. The second-order valence-electron chi connectivity index (χ2n) is 4.97. The summed E-state index contributed by atoms with van der Waals surface area (Å²) in [5.41, 5.74) is 1.64. The molecule has 0 fully saturated rings. The van der Waals surface area contributed by atoms with Gasteiger partial charge in [-0.1, -0.05) is 34.1 Å². The summed E-state index contributed by atoms with van der Waals surface area (Å²) < 4.78 is 33.6. The van der Waals surface area contributed by atoms with Gasteiger partial charge in [0.15, 0.2) is 0 Å². The number of sulfonamides is 1. The number of hydrogen-bond acceptors (Lipinski definition) is 3. The second-order valence-corrected chi connectivity index (χ2v) is 7.62. The predicted molar refractivity (Wildman–Crippen MR) is 90.7 cm³/mol. The van der Waals surface area contributed by atoms with Crippen LogP contribution in [0, 0.1) is 13.8 Å². The van der Waals surface area contributed by atoms with Gasteiger partial charge in [-0.3, -0.25) is 0 Å². The van der Waals surface area contributed by atoms with Gasteiger partial charge in [0.2, 0.25) is 10.0 Å². The third-order valence-corrected chi connectivity index (χ3v) is 5.19. The van der Waals surface area contributed by atoms with E-state index in [1.807, 2.05) is 43.3 Å². The van der Waals surface area contributed by atoms with E-state index >= 15 is 0 Å². The number of aryl methyl sites for hydroxylation is 2. The molecule has 0 heterocycles. The van der Waals surface area contributed by atoms with Crippen LogP contribution in [0.2, 0.25) is 0 Å². The van der Waals surface area contributed by atoms with Gasteiger partial charge in [0.1, 0.15) is 12.4 Å². The zero-order valence-electron chi connectivity index (χ0n) is 12.5. The number of nitrogens with one attached hydrogen (secondary N) is 1. The van der Waals surface area contributed by atoms with Gasteiger partial charge in [-0.05, 0) is 49.2 Å². The quantitative estimate of drug-likeness (QED) is 0.777. The zero-order chi connectivity index (χ0) is 16.2. The minimum absolute atomic E-state index is 0.211. The monoisotopic (exact) mass is 383 g/mol. The molecule has 22 heavy (non-hydrogen) atoms. The van der Waals surface area contributed by atoms with Gasteiger partial charge >= 0.3 is 0 Å². The van der Waals surface area contributed by atoms with Crippen molar-refractivity contribution in [1.29, 1.82) is 0 Å². The number of rotatable bonds is 6. The maximum atomic E-state index is 12.3. The lowest BCUT2D eigenvalue weighted by Crippen LogP contribution is -2.28. The molecule has 0 spiro atoms. The Morgan fingerprint density at radius 2 is 1.91 bits per heavy atom. The molecule has 0 amide bonds. The molecule has 4 nitrogen and oxygen atoms in total. The summed E-state index contributed by atoms with van der Waals surface area (Å²) in [6, 6.07) is 12.8. The highest BCUT2D eigenvalue weighted by atomic mass is 79.9. The zero-order valence-corrected chi connectivity index (χ0v) is 14.9. The fourth-order valence-electron chi connectivity index (χ4n) is 1.98. The minimum atomic E-state index is -3.52. The lowest BCUT2D eigenvalue weighted by Gasteiger charge is -2.11. The molecule has 0 bridgehead atoms. The van der Waals surface area contributed by atoms with Crippen molar-refractivity contribution in [3.63, 3.8) is 0 Å². The molecule has 0 aliphatic carbocycles. The van der Waals surface area contributed by atoms with Crippen LogP contribution in [0.1, 0.15) is 11.1 Å². The van der Waals surface area contributed by atoms with Crippen LogP contribution < -0.4 is 9.46 Å². The van der Waals surface area contributed by atoms with Gasteiger partial charge in [-0.15, -0.1) is 0 Å². The fraction of sp³-hybridized carbons (Fsp3) is 0.250. The summed E-state index contributed by atoms with van der Waals surface area (Å²) >= 11 is 3.36. The second kappa shape index (κ2) is 7.26. The van der Waals surface area contributed by atoms with E-state index in [4.69, 9.17) is 4.74 Å². The maximum absolute atomic E-state index is 12.3. The Bertz CT molecular complexity index is 760. The van der Waals surface area contributed by atoms with Crippen LogP contribution in [0.15, 0.2) is 51.8 Å². The van der Waals surface area contributed by atoms with Crippen molar-refractivity contribution in [2.75, 3.05) is 13.2 Å². The first-order chi connectivity index (χ1) is 10.4. The molecule has 6 heteroatoms. The summed E-state index contributed by atoms with van der Waals surface area (Å²) in [6.07, 6.45) is 0. The summed E-state index contributed by atoms with van der Waals surface area (Å²) in [7, 11) is -3.52. The van der Waals surface area contributed by atoms with Crippen molar-refractivity contribution >= 4 is 26.0 Å². The first-order valence-corrected chi connectivity index (χ1v) is 9.11. The summed E-state index contributed by atoms with van der Waals surface area (Å²) in [5.74, 6) is 0.695. The molecule has 0 aromatic heterocycles. The predicted octanol–water partition coefficient (Wildman–Crippen LogP) is 3.42. The van der Waals surface area contributed by atoms with Crippen molar-refractivity contribution in [2.45, 2.75) is 18.7 Å². The lowest BCUT2D eigenvalue weighted by molar-refractivity contribution is 0.322. The Labute approximate surface area is 139 Å². The van der Waals surface area contributed by atoms with Gasteiger partial charge in [0.25, 0.3) is 0 Å². The van der Waals surface area contributed by atoms with Gasteiger partial charge in [0, 0.05) is 11.0 Å². The van der Waals surface area contributed by atoms with E-state index in [1.165, 1.54) is 0 Å². The van der Waals surface area contributed by atoms with Gasteiger partial charge in [-0.25, -0.2) is 13.1 Å². The van der Waals surface area contributed by atoms with Crippen LogP contribution in [0.3, 0.4) is 0 Å². The van der Waals surface area contributed by atoms with Crippen molar-refractivity contribution in [1.82, 2.24) is 4.72 Å². The Morgan fingerprint density at radius 1 is 1.14 bits per heavy atom. The smallest absolute Gasteiger partial charge is 0.240 e. The van der Waals surface area contributed by atoms with E-state index in [0.717, 1.165) is 15.6 Å². The number of hydrogen-bond donors (Lipinski definition) is 1. The van der Waals surface area contributed by atoms with E-state index in [0.29, 0.717) is 10.6 Å². The van der Waals surface area contributed by atoms with E-state index in [9.17, 15) is 8.42 Å². The summed E-state index contributed by atoms with van der Waals surface area (Å²) in [6.45, 7) is 4.13. The van der Waals surface area contributed by atoms with E-state index in [1.54, 1.807) is 13.0 Å². The number of ether oxygens (including phenoxy) is 1. The molecule has 2 aromatic rings. The fourth-order valence-corrected chi connectivity index (χ4v) is 3.70. The maximum Gasteiger partial charge on any atom is 0.240 e. The molecule has 0 saturated heterocycles. The molecule has 118 valence electrons. The first-order valence-electron chi connectivity index (χ1n) is 6.84. The topological polar surface area (TPSA) is 55.4 Å². The average Bonchev–Trinajstić information content (AvgIpc) is 2.46. The number of halogens is 1. The van der Waals surface area contributed by atoms with Crippen molar-refractivity contribution in [3.8, 4) is 5.75 Å². The summed E-state index contributed by atoms with van der Waals surface area (Å²) in [5, 5.41) is 0. The molecule has 0 saturated carbocycles. The van der Waals surface area contributed by atoms with Crippen molar-refractivity contribution in [2.24, 2.45) is 0 Å². The van der Waals surface area contributed by atoms with E-state index in [-0.39, 0.29) is 13.2 Å². The third-order valence-electron chi connectivity index (χ3n) is 3.09. The van der Waals surface area contributed by atoms with E-state index in [2.05, 4.69) is 20.7 Å². The molecule has 0 aliphatic heterocycles. The lowest BCUT2D eigenvalue weighted by atomic mass is 10.2. The minimum Gasteiger partial charge on any atom is -0.492 e. The molecule has 2 aromatic carbocycles. The SMILES string of the molecule is Cc1ccc(C)c(S(=O)(=O)NCCOc2cccc(Br)c2)c1. The van der Waals surface area contributed by atoms with Crippen LogP contribution in [-0.4, -0.2) is 21.6 Å². The van der Waals surface area contributed by atoms with Crippen LogP contribution >= 0.6 is 15.9 Å². The highest BCUT2D eigenvalue weighted by Crippen LogP contribution is 2.18.